The molecular formula is C15H13N3O2. The van der Waals surface area contributed by atoms with E-state index in [1.165, 1.54) is 17.2 Å². The van der Waals surface area contributed by atoms with Crippen molar-refractivity contribution in [1.29, 1.82) is 0 Å². The highest BCUT2D eigenvalue weighted by molar-refractivity contribution is 5.88. The molecule has 0 bridgehead atoms. The Morgan fingerprint density at radius 2 is 1.90 bits per heavy atom. The van der Waals surface area contributed by atoms with Gasteiger partial charge in [0.2, 0.25) is 0 Å². The first-order chi connectivity index (χ1) is 9.69. The molecule has 5 heteroatoms. The van der Waals surface area contributed by atoms with Crippen molar-refractivity contribution in [3.05, 3.63) is 53.7 Å². The van der Waals surface area contributed by atoms with Crippen LogP contribution in [0, 0.1) is 6.92 Å². The van der Waals surface area contributed by atoms with Gasteiger partial charge in [-0.05, 0) is 19.1 Å². The third-order valence-corrected chi connectivity index (χ3v) is 3.06. The van der Waals surface area contributed by atoms with E-state index in [9.17, 15) is 4.79 Å². The number of hydrogen-bond donors (Lipinski definition) is 0. The molecule has 0 amide bonds. The quantitative estimate of drug-likeness (QED) is 0.669. The molecule has 2 aromatic heterocycles. The Kier molecular flexibility index (Phi) is 2.95. The fourth-order valence-electron chi connectivity index (χ4n) is 1.99. The van der Waals surface area contributed by atoms with Crippen LogP contribution in [0.1, 0.15) is 16.1 Å². The summed E-state index contributed by atoms with van der Waals surface area (Å²) in [6, 6.07) is 13.1. The van der Waals surface area contributed by atoms with Crippen molar-refractivity contribution >= 4 is 11.6 Å². The number of fused-ring (bicyclic) bond motifs is 1. The van der Waals surface area contributed by atoms with Crippen LogP contribution >= 0.6 is 0 Å². The minimum Gasteiger partial charge on any atom is -0.464 e. The Morgan fingerprint density at radius 3 is 2.60 bits per heavy atom. The summed E-state index contributed by atoms with van der Waals surface area (Å²) < 4.78 is 6.25. The van der Waals surface area contributed by atoms with Gasteiger partial charge in [0.15, 0.2) is 17.2 Å². The van der Waals surface area contributed by atoms with Gasteiger partial charge in [-0.15, -0.1) is 5.10 Å². The van der Waals surface area contributed by atoms with Crippen molar-refractivity contribution < 1.29 is 9.53 Å². The number of pyridine rings is 1. The van der Waals surface area contributed by atoms with E-state index in [2.05, 4.69) is 10.1 Å². The highest BCUT2D eigenvalue weighted by atomic mass is 16.5. The van der Waals surface area contributed by atoms with Gasteiger partial charge in [0.05, 0.1) is 7.11 Å². The first kappa shape index (κ1) is 12.3. The van der Waals surface area contributed by atoms with E-state index in [-0.39, 0.29) is 0 Å². The second-order valence-electron chi connectivity index (χ2n) is 4.47. The topological polar surface area (TPSA) is 56.5 Å². The Hall–Kier alpha value is -2.69. The molecule has 3 aromatic rings. The summed E-state index contributed by atoms with van der Waals surface area (Å²) in [5.41, 5.74) is 3.06. The van der Waals surface area contributed by atoms with E-state index in [1.807, 2.05) is 31.2 Å². The summed E-state index contributed by atoms with van der Waals surface area (Å²) in [5.74, 6) is 0.150. The van der Waals surface area contributed by atoms with Crippen LogP contribution in [0.4, 0.5) is 0 Å². The number of hydrogen-bond acceptors (Lipinski definition) is 4. The second-order valence-corrected chi connectivity index (χ2v) is 4.47. The fraction of sp³-hybridized carbons (Fsp3) is 0.133. The number of rotatable bonds is 2. The van der Waals surface area contributed by atoms with Crippen LogP contribution in [0.5, 0.6) is 0 Å². The number of aryl methyl sites for hydroxylation is 1. The lowest BCUT2D eigenvalue weighted by Crippen LogP contribution is -2.08. The Morgan fingerprint density at radius 1 is 1.15 bits per heavy atom. The average Bonchev–Trinajstić information content (AvgIpc) is 2.91. The lowest BCUT2D eigenvalue weighted by molar-refractivity contribution is 0.0591. The third kappa shape index (κ3) is 2.03. The van der Waals surface area contributed by atoms with Gasteiger partial charge in [-0.1, -0.05) is 35.9 Å². The first-order valence-corrected chi connectivity index (χ1v) is 6.20. The minimum absolute atomic E-state index is 0.357. The summed E-state index contributed by atoms with van der Waals surface area (Å²) in [7, 11) is 1.35. The number of nitrogens with zero attached hydrogens (tertiary/aromatic N) is 3. The molecule has 3 rings (SSSR count). The molecule has 0 spiro atoms. The zero-order valence-electron chi connectivity index (χ0n) is 11.2. The molecule has 0 N–H and O–H groups in total. The molecule has 100 valence electrons. The first-order valence-electron chi connectivity index (χ1n) is 6.20. The van der Waals surface area contributed by atoms with Crippen molar-refractivity contribution in [2.45, 2.75) is 6.92 Å². The van der Waals surface area contributed by atoms with E-state index in [4.69, 9.17) is 4.74 Å². The predicted octanol–water partition coefficient (Wildman–Crippen LogP) is 2.49. The highest BCUT2D eigenvalue weighted by Gasteiger charge is 2.14. The van der Waals surface area contributed by atoms with Crippen LogP contribution in [0.25, 0.3) is 17.0 Å². The van der Waals surface area contributed by atoms with Crippen molar-refractivity contribution in [3.63, 3.8) is 0 Å². The van der Waals surface area contributed by atoms with Gasteiger partial charge in [-0.3, -0.25) is 0 Å². The summed E-state index contributed by atoms with van der Waals surface area (Å²) in [5, 5.41) is 4.39. The Labute approximate surface area is 115 Å². The number of esters is 1. The molecule has 20 heavy (non-hydrogen) atoms. The van der Waals surface area contributed by atoms with Crippen LogP contribution in [0.15, 0.2) is 42.5 Å². The number of carbonyl (C=O) groups excluding carboxylic acids is 1. The molecular weight excluding hydrogens is 254 g/mol. The zero-order valence-corrected chi connectivity index (χ0v) is 11.2. The van der Waals surface area contributed by atoms with Gasteiger partial charge in [0, 0.05) is 5.56 Å². The van der Waals surface area contributed by atoms with E-state index < -0.39 is 5.97 Å². The monoisotopic (exact) mass is 267 g/mol. The number of methoxy groups -OCH3 is 1. The van der Waals surface area contributed by atoms with Crippen molar-refractivity contribution in [2.24, 2.45) is 0 Å². The number of ether oxygens (including phenoxy) is 1. The molecule has 0 saturated heterocycles. The predicted molar refractivity (Wildman–Crippen MR) is 74.5 cm³/mol. The molecule has 1 aromatic carbocycles. The van der Waals surface area contributed by atoms with E-state index in [0.29, 0.717) is 17.2 Å². The molecule has 2 heterocycles. The Bertz CT molecular complexity index is 775. The SMILES string of the molecule is COC(=O)c1cccc2nc(-c3ccc(C)cc3)nn12. The van der Waals surface area contributed by atoms with Crippen molar-refractivity contribution in [2.75, 3.05) is 7.11 Å². The maximum absolute atomic E-state index is 11.7. The second kappa shape index (κ2) is 4.77. The number of benzene rings is 1. The minimum atomic E-state index is -0.434. The fourth-order valence-corrected chi connectivity index (χ4v) is 1.99. The van der Waals surface area contributed by atoms with Crippen molar-refractivity contribution in [1.82, 2.24) is 14.6 Å². The molecule has 0 aliphatic carbocycles. The van der Waals surface area contributed by atoms with Gasteiger partial charge in [0.1, 0.15) is 0 Å². The normalized spacial score (nSPS) is 10.7. The highest BCUT2D eigenvalue weighted by Crippen LogP contribution is 2.18. The Balaban J connectivity index is 2.15. The van der Waals surface area contributed by atoms with Crippen LogP contribution in [0.3, 0.4) is 0 Å². The standard InChI is InChI=1S/C15H13N3O2/c1-10-6-8-11(9-7-10)14-16-13-5-3-4-12(15(19)20-2)18(13)17-14/h3-9H,1-2H3. The maximum Gasteiger partial charge on any atom is 0.356 e. The van der Waals surface area contributed by atoms with Crippen LogP contribution < -0.4 is 0 Å². The van der Waals surface area contributed by atoms with Gasteiger partial charge in [0.25, 0.3) is 0 Å². The summed E-state index contributed by atoms with van der Waals surface area (Å²) in [4.78, 5) is 16.1. The van der Waals surface area contributed by atoms with E-state index >= 15 is 0 Å². The molecule has 5 nitrogen and oxygen atoms in total. The molecule has 0 aliphatic heterocycles. The number of aromatic nitrogens is 3. The lowest BCUT2D eigenvalue weighted by Gasteiger charge is -2.00. The molecule has 0 saturated carbocycles. The summed E-state index contributed by atoms with van der Waals surface area (Å²) >= 11 is 0. The van der Waals surface area contributed by atoms with Gasteiger partial charge in [-0.25, -0.2) is 14.3 Å². The average molecular weight is 267 g/mol. The molecule has 0 aliphatic rings. The van der Waals surface area contributed by atoms with E-state index in [1.54, 1.807) is 18.2 Å². The molecule has 0 unspecified atom stereocenters. The molecule has 0 fully saturated rings. The van der Waals surface area contributed by atoms with Gasteiger partial charge >= 0.3 is 5.97 Å². The van der Waals surface area contributed by atoms with Crippen molar-refractivity contribution in [3.8, 4) is 11.4 Å². The van der Waals surface area contributed by atoms with Crippen LogP contribution in [-0.4, -0.2) is 27.7 Å². The van der Waals surface area contributed by atoms with Gasteiger partial charge in [-0.2, -0.15) is 0 Å². The summed E-state index contributed by atoms with van der Waals surface area (Å²) in [6.45, 7) is 2.02. The van der Waals surface area contributed by atoms with E-state index in [0.717, 1.165) is 5.56 Å². The molecule has 0 radical (unpaired) electrons. The van der Waals surface area contributed by atoms with Crippen LogP contribution in [0.2, 0.25) is 0 Å². The zero-order chi connectivity index (χ0) is 14.1. The maximum atomic E-state index is 11.7. The number of carbonyl (C=O) groups is 1. The largest absolute Gasteiger partial charge is 0.464 e. The van der Waals surface area contributed by atoms with Crippen LogP contribution in [-0.2, 0) is 4.74 Å². The smallest absolute Gasteiger partial charge is 0.356 e. The molecule has 0 atom stereocenters. The third-order valence-electron chi connectivity index (χ3n) is 3.06. The lowest BCUT2D eigenvalue weighted by atomic mass is 10.1. The summed E-state index contributed by atoms with van der Waals surface area (Å²) in [6.07, 6.45) is 0. The van der Waals surface area contributed by atoms with Gasteiger partial charge < -0.3 is 4.74 Å².